The highest BCUT2D eigenvalue weighted by Crippen LogP contribution is 2.22. The summed E-state index contributed by atoms with van der Waals surface area (Å²) in [5, 5.41) is 5.26. The normalized spacial score (nSPS) is 11.2. The minimum atomic E-state index is -4.17. The Balaban J connectivity index is 2.66. The van der Waals surface area contributed by atoms with Crippen LogP contribution in [0.3, 0.4) is 0 Å². The van der Waals surface area contributed by atoms with E-state index in [4.69, 9.17) is 5.73 Å². The second-order valence-corrected chi connectivity index (χ2v) is 4.03. The van der Waals surface area contributed by atoms with Crippen molar-refractivity contribution in [3.8, 4) is 0 Å². The molecule has 0 aliphatic rings. The van der Waals surface area contributed by atoms with Gasteiger partial charge < -0.3 is 16.4 Å². The molecular weight excluding hydrogens is 259 g/mol. The third-order valence-electron chi connectivity index (χ3n) is 2.47. The van der Waals surface area contributed by atoms with Gasteiger partial charge in [-0.3, -0.25) is 4.79 Å². The average molecular weight is 275 g/mol. The largest absolute Gasteiger partial charge is 0.399 e. The molecule has 7 heteroatoms. The minimum Gasteiger partial charge on any atom is -0.399 e. The van der Waals surface area contributed by atoms with Crippen molar-refractivity contribution in [2.45, 2.75) is 19.0 Å². The van der Waals surface area contributed by atoms with Crippen LogP contribution in [0.1, 0.15) is 23.2 Å². The molecule has 0 saturated carbocycles. The number of carbonyl (C=O) groups is 1. The Morgan fingerprint density at radius 1 is 1.37 bits per heavy atom. The molecule has 0 aliphatic carbocycles. The molecule has 1 aromatic rings. The highest BCUT2D eigenvalue weighted by molar-refractivity contribution is 6.00. The van der Waals surface area contributed by atoms with Crippen molar-refractivity contribution in [1.82, 2.24) is 5.32 Å². The lowest BCUT2D eigenvalue weighted by Crippen LogP contribution is -2.20. The number of hydrogen-bond acceptors (Lipinski definition) is 3. The zero-order valence-electron chi connectivity index (χ0n) is 10.5. The van der Waals surface area contributed by atoms with E-state index >= 15 is 0 Å². The van der Waals surface area contributed by atoms with Gasteiger partial charge in [0.1, 0.15) is 0 Å². The van der Waals surface area contributed by atoms with E-state index in [0.29, 0.717) is 16.9 Å². The third-order valence-corrected chi connectivity index (χ3v) is 2.47. The standard InChI is InChI=1S/C12H16F3N3O/c1-17-11(19)9-4-3-8(16)7-10(9)18-6-2-5-12(13,14)15/h3-4,7,18H,2,5-6,16H2,1H3,(H,17,19). The van der Waals surface area contributed by atoms with Gasteiger partial charge in [-0.05, 0) is 24.6 Å². The number of carbonyl (C=O) groups excluding carboxylic acids is 1. The monoisotopic (exact) mass is 275 g/mol. The van der Waals surface area contributed by atoms with Gasteiger partial charge in [0.05, 0.1) is 5.56 Å². The summed E-state index contributed by atoms with van der Waals surface area (Å²) in [5.74, 6) is -0.321. The van der Waals surface area contributed by atoms with E-state index in [0.717, 1.165) is 0 Å². The van der Waals surface area contributed by atoms with Gasteiger partial charge in [0, 0.05) is 31.4 Å². The lowest BCUT2D eigenvalue weighted by atomic mass is 10.1. The van der Waals surface area contributed by atoms with Gasteiger partial charge in [-0.2, -0.15) is 13.2 Å². The van der Waals surface area contributed by atoms with Crippen molar-refractivity contribution in [1.29, 1.82) is 0 Å². The van der Waals surface area contributed by atoms with Crippen molar-refractivity contribution in [2.24, 2.45) is 0 Å². The second-order valence-electron chi connectivity index (χ2n) is 4.03. The second kappa shape index (κ2) is 6.31. The Morgan fingerprint density at radius 2 is 2.05 bits per heavy atom. The van der Waals surface area contributed by atoms with Crippen molar-refractivity contribution in [3.05, 3.63) is 23.8 Å². The van der Waals surface area contributed by atoms with Gasteiger partial charge in [0.25, 0.3) is 5.91 Å². The Bertz CT molecular complexity index is 446. The SMILES string of the molecule is CNC(=O)c1ccc(N)cc1NCCCC(F)(F)F. The first-order valence-corrected chi connectivity index (χ1v) is 5.75. The highest BCUT2D eigenvalue weighted by atomic mass is 19.4. The molecular formula is C12H16F3N3O. The summed E-state index contributed by atoms with van der Waals surface area (Å²) in [6.45, 7) is 0.118. The van der Waals surface area contributed by atoms with Crippen LogP contribution < -0.4 is 16.4 Å². The molecule has 0 aliphatic heterocycles. The predicted molar refractivity (Wildman–Crippen MR) is 68.0 cm³/mol. The number of halogens is 3. The van der Waals surface area contributed by atoms with Gasteiger partial charge in [-0.1, -0.05) is 0 Å². The molecule has 1 amide bonds. The maximum Gasteiger partial charge on any atom is 0.389 e. The van der Waals surface area contributed by atoms with Crippen LogP contribution in [-0.2, 0) is 0 Å². The van der Waals surface area contributed by atoms with Crippen molar-refractivity contribution in [3.63, 3.8) is 0 Å². The van der Waals surface area contributed by atoms with Crippen LogP contribution in [0.2, 0.25) is 0 Å². The smallest absolute Gasteiger partial charge is 0.389 e. The van der Waals surface area contributed by atoms with Crippen molar-refractivity contribution < 1.29 is 18.0 Å². The number of benzene rings is 1. The van der Waals surface area contributed by atoms with Crippen molar-refractivity contribution in [2.75, 3.05) is 24.6 Å². The molecule has 0 radical (unpaired) electrons. The minimum absolute atomic E-state index is 0.0640. The first kappa shape index (κ1) is 15.1. The fraction of sp³-hybridized carbons (Fsp3) is 0.417. The van der Waals surface area contributed by atoms with Crippen LogP contribution >= 0.6 is 0 Å². The Hall–Kier alpha value is -1.92. The summed E-state index contributed by atoms with van der Waals surface area (Å²) in [6.07, 6.45) is -5.09. The maximum absolute atomic E-state index is 12.0. The molecule has 4 nitrogen and oxygen atoms in total. The molecule has 0 aromatic heterocycles. The summed E-state index contributed by atoms with van der Waals surface area (Å²) in [7, 11) is 1.48. The fourth-order valence-electron chi connectivity index (χ4n) is 1.55. The van der Waals surface area contributed by atoms with Crippen molar-refractivity contribution >= 4 is 17.3 Å². The number of hydrogen-bond donors (Lipinski definition) is 3. The number of nitrogens with one attached hydrogen (secondary N) is 2. The van der Waals surface area contributed by atoms with Crippen LogP contribution in [0.5, 0.6) is 0 Å². The van der Waals surface area contributed by atoms with Gasteiger partial charge in [0.15, 0.2) is 0 Å². The van der Waals surface area contributed by atoms with E-state index in [2.05, 4.69) is 10.6 Å². The third kappa shape index (κ3) is 5.07. The quantitative estimate of drug-likeness (QED) is 0.571. The van der Waals surface area contributed by atoms with E-state index in [9.17, 15) is 18.0 Å². The summed E-state index contributed by atoms with van der Waals surface area (Å²) in [4.78, 5) is 11.6. The number of anilines is 2. The zero-order chi connectivity index (χ0) is 14.5. The molecule has 0 unspecified atom stereocenters. The van der Waals surface area contributed by atoms with Crippen LogP contribution in [-0.4, -0.2) is 25.7 Å². The maximum atomic E-state index is 12.0. The highest BCUT2D eigenvalue weighted by Gasteiger charge is 2.25. The van der Waals surface area contributed by atoms with Gasteiger partial charge in [-0.25, -0.2) is 0 Å². The average Bonchev–Trinajstić information content (AvgIpc) is 2.33. The van der Waals surface area contributed by atoms with Crippen LogP contribution in [0.15, 0.2) is 18.2 Å². The number of rotatable bonds is 5. The number of alkyl halides is 3. The summed E-state index contributed by atoms with van der Waals surface area (Å²) in [6, 6.07) is 4.61. The van der Waals surface area contributed by atoms with Crippen LogP contribution in [0, 0.1) is 0 Å². The van der Waals surface area contributed by atoms with Gasteiger partial charge >= 0.3 is 6.18 Å². The predicted octanol–water partition coefficient (Wildman–Crippen LogP) is 2.38. The molecule has 1 aromatic carbocycles. The molecule has 0 saturated heterocycles. The van der Waals surface area contributed by atoms with E-state index in [-0.39, 0.29) is 18.9 Å². The summed E-state index contributed by atoms with van der Waals surface area (Å²) >= 11 is 0. The van der Waals surface area contributed by atoms with Crippen LogP contribution in [0.4, 0.5) is 24.5 Å². The van der Waals surface area contributed by atoms with Gasteiger partial charge in [-0.15, -0.1) is 0 Å². The molecule has 0 spiro atoms. The molecule has 0 bridgehead atoms. The molecule has 4 N–H and O–H groups in total. The molecule has 0 atom stereocenters. The summed E-state index contributed by atoms with van der Waals surface area (Å²) < 4.78 is 36.0. The molecule has 1 rings (SSSR count). The van der Waals surface area contributed by atoms with E-state index in [1.165, 1.54) is 19.2 Å². The first-order chi connectivity index (χ1) is 8.83. The Labute approximate surface area is 109 Å². The summed E-state index contributed by atoms with van der Waals surface area (Å²) in [5.41, 5.74) is 6.81. The number of nitrogens with two attached hydrogens (primary N) is 1. The Kier molecular flexibility index (Phi) is 5.02. The van der Waals surface area contributed by atoms with E-state index < -0.39 is 12.6 Å². The topological polar surface area (TPSA) is 67.2 Å². The lowest BCUT2D eigenvalue weighted by Gasteiger charge is -2.12. The molecule has 0 fully saturated rings. The van der Waals surface area contributed by atoms with Gasteiger partial charge in [0.2, 0.25) is 0 Å². The van der Waals surface area contributed by atoms with E-state index in [1.54, 1.807) is 6.07 Å². The molecule has 0 heterocycles. The fourth-order valence-corrected chi connectivity index (χ4v) is 1.55. The Morgan fingerprint density at radius 3 is 2.63 bits per heavy atom. The van der Waals surface area contributed by atoms with Crippen LogP contribution in [0.25, 0.3) is 0 Å². The molecule has 19 heavy (non-hydrogen) atoms. The number of amides is 1. The lowest BCUT2D eigenvalue weighted by molar-refractivity contribution is -0.134. The zero-order valence-corrected chi connectivity index (χ0v) is 10.5. The molecule has 106 valence electrons. The first-order valence-electron chi connectivity index (χ1n) is 5.75. The number of nitrogen functional groups attached to an aromatic ring is 1. The van der Waals surface area contributed by atoms with E-state index in [1.807, 2.05) is 0 Å².